The van der Waals surface area contributed by atoms with Crippen molar-refractivity contribution in [2.45, 2.75) is 44.9 Å². The minimum Gasteiger partial charge on any atom is -0.464 e. The number of carbonyl (C=O) groups is 2. The summed E-state index contributed by atoms with van der Waals surface area (Å²) in [5.41, 5.74) is 3.74. The lowest BCUT2D eigenvalue weighted by Crippen LogP contribution is -2.35. The van der Waals surface area contributed by atoms with Gasteiger partial charge in [0.1, 0.15) is 11.5 Å². The number of hydrogen-bond donors (Lipinski definition) is 0. The molecule has 0 N–H and O–H groups in total. The number of rotatable bonds is 10. The zero-order valence-corrected chi connectivity index (χ0v) is 20.5. The molecule has 2 aliphatic rings. The molecule has 5 rings (SSSR count). The van der Waals surface area contributed by atoms with Crippen LogP contribution in [0.2, 0.25) is 0 Å². The number of Topliss-reactive ketones (excluding diaryl/α,β-unsaturated/α-hetero) is 1. The van der Waals surface area contributed by atoms with Gasteiger partial charge in [0.05, 0.1) is 12.8 Å². The zero-order valence-electron chi connectivity index (χ0n) is 20.5. The highest BCUT2D eigenvalue weighted by Crippen LogP contribution is 2.45. The number of pyridine rings is 2. The summed E-state index contributed by atoms with van der Waals surface area (Å²) in [5.74, 6) is 0.634. The Labute approximate surface area is 211 Å². The number of hydrogen-bond acceptors (Lipinski definition) is 5. The molecule has 36 heavy (non-hydrogen) atoms. The maximum Gasteiger partial charge on any atom is 0.356 e. The van der Waals surface area contributed by atoms with Crippen molar-refractivity contribution in [1.82, 2.24) is 9.97 Å². The van der Waals surface area contributed by atoms with E-state index in [2.05, 4.69) is 16.0 Å². The van der Waals surface area contributed by atoms with Gasteiger partial charge in [-0.05, 0) is 104 Å². The minimum absolute atomic E-state index is 0.0299. The lowest BCUT2D eigenvalue weighted by molar-refractivity contribution is 0.0592. The van der Waals surface area contributed by atoms with Crippen LogP contribution in [-0.2, 0) is 24.0 Å². The van der Waals surface area contributed by atoms with Crippen molar-refractivity contribution in [3.05, 3.63) is 94.8 Å². The van der Waals surface area contributed by atoms with Crippen LogP contribution < -0.4 is 0 Å². The molecule has 0 saturated heterocycles. The fourth-order valence-electron chi connectivity index (χ4n) is 5.49. The highest BCUT2D eigenvalue weighted by Gasteiger charge is 2.40. The van der Waals surface area contributed by atoms with Crippen LogP contribution >= 0.6 is 0 Å². The molecule has 2 aliphatic carbocycles. The summed E-state index contributed by atoms with van der Waals surface area (Å²) in [5, 5.41) is 0. The third-order valence-electron chi connectivity index (χ3n) is 7.83. The van der Waals surface area contributed by atoms with E-state index in [0.29, 0.717) is 35.4 Å². The van der Waals surface area contributed by atoms with Crippen LogP contribution in [0.4, 0.5) is 4.39 Å². The van der Waals surface area contributed by atoms with Crippen molar-refractivity contribution >= 4 is 11.8 Å². The second kappa shape index (κ2) is 10.7. The predicted molar refractivity (Wildman–Crippen MR) is 134 cm³/mol. The van der Waals surface area contributed by atoms with Gasteiger partial charge in [0.2, 0.25) is 0 Å². The van der Waals surface area contributed by atoms with E-state index in [1.807, 2.05) is 18.3 Å². The van der Waals surface area contributed by atoms with Crippen LogP contribution in [0.15, 0.2) is 60.9 Å². The Morgan fingerprint density at radius 2 is 1.86 bits per heavy atom. The fourth-order valence-corrected chi connectivity index (χ4v) is 5.49. The quantitative estimate of drug-likeness (QED) is 0.273. The Morgan fingerprint density at radius 1 is 1.00 bits per heavy atom. The Hall–Kier alpha value is -3.41. The average molecular weight is 487 g/mol. The number of methoxy groups -OCH3 is 1. The summed E-state index contributed by atoms with van der Waals surface area (Å²) >= 11 is 0. The van der Waals surface area contributed by atoms with E-state index >= 15 is 0 Å². The van der Waals surface area contributed by atoms with Gasteiger partial charge in [-0.15, -0.1) is 0 Å². The summed E-state index contributed by atoms with van der Waals surface area (Å²) in [6.07, 6.45) is 9.91. The van der Waals surface area contributed by atoms with Crippen molar-refractivity contribution in [2.75, 3.05) is 7.11 Å². The van der Waals surface area contributed by atoms with E-state index in [-0.39, 0.29) is 23.2 Å². The van der Waals surface area contributed by atoms with E-state index in [4.69, 9.17) is 4.74 Å². The van der Waals surface area contributed by atoms with Gasteiger partial charge >= 0.3 is 5.97 Å². The van der Waals surface area contributed by atoms with Gasteiger partial charge in [-0.3, -0.25) is 9.78 Å². The molecule has 5 nitrogen and oxygen atoms in total. The number of halogens is 1. The molecule has 2 aromatic heterocycles. The van der Waals surface area contributed by atoms with Crippen molar-refractivity contribution in [3.8, 4) is 0 Å². The molecular weight excluding hydrogens is 455 g/mol. The topological polar surface area (TPSA) is 69.2 Å². The molecule has 2 heterocycles. The molecule has 2 saturated carbocycles. The molecular formula is C30H31FN2O3. The first-order valence-electron chi connectivity index (χ1n) is 12.8. The molecule has 4 unspecified atom stereocenters. The van der Waals surface area contributed by atoms with Gasteiger partial charge in [-0.2, -0.15) is 0 Å². The maximum atomic E-state index is 13.6. The molecule has 0 bridgehead atoms. The molecule has 1 aromatic carbocycles. The predicted octanol–water partition coefficient (Wildman–Crippen LogP) is 5.67. The largest absolute Gasteiger partial charge is 0.464 e. The number of nitrogens with zero attached hydrogens (tertiary/aromatic N) is 2. The molecule has 4 atom stereocenters. The smallest absolute Gasteiger partial charge is 0.356 e. The van der Waals surface area contributed by atoms with E-state index in [9.17, 15) is 14.0 Å². The summed E-state index contributed by atoms with van der Waals surface area (Å²) in [4.78, 5) is 34.6. The number of carbonyl (C=O) groups excluding carboxylic acids is 2. The second-order valence-corrected chi connectivity index (χ2v) is 10.2. The molecule has 2 fully saturated rings. The van der Waals surface area contributed by atoms with E-state index in [0.717, 1.165) is 49.7 Å². The summed E-state index contributed by atoms with van der Waals surface area (Å²) in [6.45, 7) is 0. The van der Waals surface area contributed by atoms with Crippen molar-refractivity contribution in [3.63, 3.8) is 0 Å². The first kappa shape index (κ1) is 24.3. The number of ketones is 1. The summed E-state index contributed by atoms with van der Waals surface area (Å²) < 4.78 is 18.4. The van der Waals surface area contributed by atoms with Gasteiger partial charge in [-0.25, -0.2) is 14.2 Å². The lowest BCUT2D eigenvalue weighted by atomic mass is 9.67. The number of benzene rings is 1. The number of aromatic nitrogens is 2. The summed E-state index contributed by atoms with van der Waals surface area (Å²) in [7, 11) is 1.34. The molecule has 6 heteroatoms. The van der Waals surface area contributed by atoms with E-state index in [1.165, 1.54) is 13.2 Å². The van der Waals surface area contributed by atoms with Crippen molar-refractivity contribution in [2.24, 2.45) is 23.7 Å². The molecule has 0 spiro atoms. The van der Waals surface area contributed by atoms with Crippen LogP contribution in [0.1, 0.15) is 63.4 Å². The van der Waals surface area contributed by atoms with Gasteiger partial charge in [0.15, 0.2) is 5.78 Å². The maximum absolute atomic E-state index is 13.6. The summed E-state index contributed by atoms with van der Waals surface area (Å²) in [6, 6.07) is 14.1. The Kier molecular flexibility index (Phi) is 7.21. The molecule has 186 valence electrons. The Bertz CT molecular complexity index is 1250. The van der Waals surface area contributed by atoms with Gasteiger partial charge in [0.25, 0.3) is 0 Å². The normalized spacial score (nSPS) is 22.5. The third kappa shape index (κ3) is 5.53. The fraction of sp³-hybridized carbons (Fsp3) is 0.400. The van der Waals surface area contributed by atoms with Gasteiger partial charge in [0, 0.05) is 23.9 Å². The zero-order chi connectivity index (χ0) is 25.1. The van der Waals surface area contributed by atoms with E-state index < -0.39 is 5.97 Å². The molecule has 0 radical (unpaired) electrons. The van der Waals surface area contributed by atoms with Crippen LogP contribution in [0.3, 0.4) is 0 Å². The van der Waals surface area contributed by atoms with Crippen LogP contribution in [0.25, 0.3) is 0 Å². The highest BCUT2D eigenvalue weighted by atomic mass is 19.1. The number of aryl methyl sites for hydroxylation is 1. The standard InChI is InChI=1S/C30H31FN2O3/c1-36-30(35)27-12-11-26(29(34)25-10-9-22(25)14-20-5-3-13-32-18-20)28(33-27)17-23-16-21(23)8-7-19-4-2-6-24(31)15-19/h2-6,11-13,15,18,21-23,25H,7-10,14,16-17H2,1H3. The van der Waals surface area contributed by atoms with Crippen LogP contribution in [0.5, 0.6) is 0 Å². The molecule has 0 amide bonds. The van der Waals surface area contributed by atoms with Gasteiger partial charge < -0.3 is 4.74 Å². The Balaban J connectivity index is 1.28. The highest BCUT2D eigenvalue weighted by molar-refractivity contribution is 6.00. The number of ether oxygens (including phenoxy) is 1. The Morgan fingerprint density at radius 3 is 2.58 bits per heavy atom. The minimum atomic E-state index is -0.494. The third-order valence-corrected chi connectivity index (χ3v) is 7.83. The van der Waals surface area contributed by atoms with Crippen molar-refractivity contribution < 1.29 is 18.7 Å². The first-order chi connectivity index (χ1) is 17.5. The second-order valence-electron chi connectivity index (χ2n) is 10.2. The molecule has 3 aromatic rings. The first-order valence-corrected chi connectivity index (χ1v) is 12.8. The van der Waals surface area contributed by atoms with Crippen LogP contribution in [0, 0.1) is 29.5 Å². The monoisotopic (exact) mass is 486 g/mol. The average Bonchev–Trinajstić information content (AvgIpc) is 3.63. The lowest BCUT2D eigenvalue weighted by Gasteiger charge is -2.36. The molecule has 0 aliphatic heterocycles. The van der Waals surface area contributed by atoms with E-state index in [1.54, 1.807) is 30.5 Å². The number of esters is 1. The SMILES string of the molecule is COC(=O)c1ccc(C(=O)C2CCC2Cc2cccnc2)c(CC2CC2CCc2cccc(F)c2)n1. The van der Waals surface area contributed by atoms with Crippen molar-refractivity contribution in [1.29, 1.82) is 0 Å². The van der Waals surface area contributed by atoms with Crippen LogP contribution in [-0.4, -0.2) is 28.8 Å². The van der Waals surface area contributed by atoms with Gasteiger partial charge in [-0.1, -0.05) is 18.2 Å².